The third-order valence-corrected chi connectivity index (χ3v) is 6.13. The highest BCUT2D eigenvalue weighted by molar-refractivity contribution is 5.98. The van der Waals surface area contributed by atoms with E-state index in [1.807, 2.05) is 80.5 Å². The van der Waals surface area contributed by atoms with Crippen LogP contribution < -0.4 is 19.9 Å². The first-order chi connectivity index (χ1) is 15.7. The molecule has 2 heterocycles. The highest BCUT2D eigenvalue weighted by Crippen LogP contribution is 2.57. The highest BCUT2D eigenvalue weighted by atomic mass is 16.6. The maximum atomic E-state index is 13.1. The zero-order chi connectivity index (χ0) is 23.5. The molecule has 0 radical (unpaired) electrons. The summed E-state index contributed by atoms with van der Waals surface area (Å²) in [7, 11) is 7.85. The second-order valence-corrected chi connectivity index (χ2v) is 8.76. The van der Waals surface area contributed by atoms with Crippen LogP contribution in [0.5, 0.6) is 11.5 Å². The maximum Gasteiger partial charge on any atom is 0.340 e. The van der Waals surface area contributed by atoms with Gasteiger partial charge in [-0.3, -0.25) is 4.79 Å². The van der Waals surface area contributed by atoms with E-state index in [9.17, 15) is 9.59 Å². The van der Waals surface area contributed by atoms with Crippen molar-refractivity contribution in [1.82, 2.24) is 0 Å². The van der Waals surface area contributed by atoms with Crippen LogP contribution in [-0.4, -0.2) is 40.1 Å². The van der Waals surface area contributed by atoms with Crippen LogP contribution in [0.25, 0.3) is 0 Å². The number of ether oxygens (including phenoxy) is 2. The Bertz CT molecular complexity index is 1260. The fourth-order valence-corrected chi connectivity index (χ4v) is 4.54. The van der Waals surface area contributed by atoms with Gasteiger partial charge in [0.15, 0.2) is 5.60 Å². The van der Waals surface area contributed by atoms with Crippen LogP contribution in [0.15, 0.2) is 54.6 Å². The first-order valence-electron chi connectivity index (χ1n) is 10.7. The molecule has 0 aromatic heterocycles. The van der Waals surface area contributed by atoms with Gasteiger partial charge in [-0.1, -0.05) is 0 Å². The van der Waals surface area contributed by atoms with Crippen molar-refractivity contribution in [1.29, 1.82) is 0 Å². The molecule has 0 saturated heterocycles. The molecule has 0 saturated carbocycles. The molecule has 0 aliphatic carbocycles. The summed E-state index contributed by atoms with van der Waals surface area (Å²) in [6.07, 6.45) is 0. The number of hydrogen-bond donors (Lipinski definition) is 1. The van der Waals surface area contributed by atoms with E-state index >= 15 is 0 Å². The Morgan fingerprint density at radius 1 is 0.818 bits per heavy atom. The summed E-state index contributed by atoms with van der Waals surface area (Å²) in [4.78, 5) is 28.8. The quantitative estimate of drug-likeness (QED) is 0.607. The van der Waals surface area contributed by atoms with Crippen LogP contribution in [-0.2, 0) is 15.1 Å². The Balaban J connectivity index is 1.81. The molecule has 1 amide bonds. The molecular weight excluding hydrogens is 418 g/mol. The van der Waals surface area contributed by atoms with E-state index in [0.717, 1.165) is 22.5 Å². The third kappa shape index (κ3) is 3.11. The average Bonchev–Trinajstić information content (AvgIpc) is 3.05. The fraction of sp³-hybridized carbons (Fsp3) is 0.231. The summed E-state index contributed by atoms with van der Waals surface area (Å²) in [6.45, 7) is 1.45. The molecule has 3 aromatic rings. The van der Waals surface area contributed by atoms with Gasteiger partial charge in [-0.05, 0) is 42.5 Å². The summed E-state index contributed by atoms with van der Waals surface area (Å²) in [6, 6.07) is 17.0. The number of fused-ring (bicyclic) bond motifs is 6. The topological polar surface area (TPSA) is 71.1 Å². The Kier molecular flexibility index (Phi) is 4.60. The minimum absolute atomic E-state index is 0.187. The van der Waals surface area contributed by atoms with Gasteiger partial charge in [-0.2, -0.15) is 0 Å². The monoisotopic (exact) mass is 443 g/mol. The van der Waals surface area contributed by atoms with Gasteiger partial charge < -0.3 is 24.6 Å². The summed E-state index contributed by atoms with van der Waals surface area (Å²) in [5, 5.41) is 2.82. The molecule has 3 aromatic carbocycles. The van der Waals surface area contributed by atoms with E-state index in [4.69, 9.17) is 9.47 Å². The molecule has 1 spiro atoms. The Labute approximate surface area is 192 Å². The second-order valence-electron chi connectivity index (χ2n) is 8.76. The summed E-state index contributed by atoms with van der Waals surface area (Å²) >= 11 is 0. The van der Waals surface area contributed by atoms with Crippen molar-refractivity contribution < 1.29 is 19.1 Å². The number of rotatable bonds is 3. The number of carbonyl (C=O) groups excluding carboxylic acids is 2. The van der Waals surface area contributed by atoms with Crippen LogP contribution in [0.1, 0.15) is 34.0 Å². The number of nitrogens with zero attached hydrogens (tertiary/aromatic N) is 2. The molecule has 7 nitrogen and oxygen atoms in total. The van der Waals surface area contributed by atoms with Gasteiger partial charge in [0.1, 0.15) is 11.5 Å². The van der Waals surface area contributed by atoms with E-state index in [-0.39, 0.29) is 5.91 Å². The number of carbonyl (C=O) groups is 2. The number of benzene rings is 3. The standard InChI is InChI=1S/C26H25N3O4/c1-15(30)27-16-6-9-19-22(12-16)26(33-25(19)31)20-10-7-17(28(2)3)13-23(20)32-24-14-18(29(4)5)8-11-21(24)26/h6-14H,1-5H3,(H,27,30). The molecule has 0 fully saturated rings. The van der Waals surface area contributed by atoms with Crippen molar-refractivity contribution >= 4 is 28.9 Å². The van der Waals surface area contributed by atoms with Crippen molar-refractivity contribution in [3.63, 3.8) is 0 Å². The molecule has 2 aliphatic rings. The van der Waals surface area contributed by atoms with Crippen molar-refractivity contribution in [3.05, 3.63) is 76.9 Å². The molecule has 0 bridgehead atoms. The highest BCUT2D eigenvalue weighted by Gasteiger charge is 2.53. The molecule has 5 rings (SSSR count). The van der Waals surface area contributed by atoms with Gasteiger partial charge in [-0.15, -0.1) is 0 Å². The fourth-order valence-electron chi connectivity index (χ4n) is 4.54. The van der Waals surface area contributed by atoms with Gasteiger partial charge in [0, 0.05) is 81.0 Å². The van der Waals surface area contributed by atoms with E-state index < -0.39 is 11.6 Å². The average molecular weight is 444 g/mol. The van der Waals surface area contributed by atoms with Crippen molar-refractivity contribution in [2.75, 3.05) is 43.3 Å². The first-order valence-corrected chi connectivity index (χ1v) is 10.7. The third-order valence-electron chi connectivity index (χ3n) is 6.13. The van der Waals surface area contributed by atoms with Crippen LogP contribution in [0, 0.1) is 0 Å². The minimum atomic E-state index is -1.18. The van der Waals surface area contributed by atoms with Crippen LogP contribution in [0.2, 0.25) is 0 Å². The van der Waals surface area contributed by atoms with Crippen LogP contribution in [0.4, 0.5) is 17.1 Å². The lowest BCUT2D eigenvalue weighted by molar-refractivity contribution is -0.114. The van der Waals surface area contributed by atoms with Crippen molar-refractivity contribution in [3.8, 4) is 11.5 Å². The van der Waals surface area contributed by atoms with E-state index in [1.54, 1.807) is 12.1 Å². The Morgan fingerprint density at radius 2 is 1.39 bits per heavy atom. The van der Waals surface area contributed by atoms with Gasteiger partial charge in [-0.25, -0.2) is 4.79 Å². The Hall–Kier alpha value is -4.00. The zero-order valence-corrected chi connectivity index (χ0v) is 19.2. The zero-order valence-electron chi connectivity index (χ0n) is 19.2. The second kappa shape index (κ2) is 7.27. The maximum absolute atomic E-state index is 13.1. The number of nitrogens with one attached hydrogen (secondary N) is 1. The molecule has 0 unspecified atom stereocenters. The SMILES string of the molecule is CC(=O)Nc1ccc2c(c1)C1(OC2=O)c2ccc(N(C)C)cc2Oc2cc(N(C)C)ccc21. The number of esters is 1. The molecule has 0 atom stereocenters. The molecule has 168 valence electrons. The van der Waals surface area contributed by atoms with E-state index in [0.29, 0.717) is 28.3 Å². The predicted octanol–water partition coefficient (Wildman–Crippen LogP) is 4.35. The van der Waals surface area contributed by atoms with Crippen LogP contribution in [0.3, 0.4) is 0 Å². The largest absolute Gasteiger partial charge is 0.456 e. The van der Waals surface area contributed by atoms with E-state index in [2.05, 4.69) is 5.32 Å². The van der Waals surface area contributed by atoms with Gasteiger partial charge in [0.05, 0.1) is 5.56 Å². The first kappa shape index (κ1) is 20.9. The lowest BCUT2D eigenvalue weighted by atomic mass is 9.77. The van der Waals surface area contributed by atoms with E-state index in [1.165, 1.54) is 6.92 Å². The molecule has 1 N–H and O–H groups in total. The number of amides is 1. The summed E-state index contributed by atoms with van der Waals surface area (Å²) in [5.41, 5.74) is 3.98. The normalized spacial score (nSPS) is 14.5. The lowest BCUT2D eigenvalue weighted by Crippen LogP contribution is -2.33. The molecule has 33 heavy (non-hydrogen) atoms. The van der Waals surface area contributed by atoms with Gasteiger partial charge in [0.2, 0.25) is 5.91 Å². The lowest BCUT2D eigenvalue weighted by Gasteiger charge is -2.37. The predicted molar refractivity (Wildman–Crippen MR) is 128 cm³/mol. The Morgan fingerprint density at radius 3 is 1.91 bits per heavy atom. The molecule has 2 aliphatic heterocycles. The van der Waals surface area contributed by atoms with Gasteiger partial charge in [0.25, 0.3) is 0 Å². The van der Waals surface area contributed by atoms with Crippen molar-refractivity contribution in [2.24, 2.45) is 0 Å². The smallest absolute Gasteiger partial charge is 0.340 e. The molecular formula is C26H25N3O4. The minimum Gasteiger partial charge on any atom is -0.456 e. The van der Waals surface area contributed by atoms with Crippen molar-refractivity contribution in [2.45, 2.75) is 12.5 Å². The summed E-state index contributed by atoms with van der Waals surface area (Å²) in [5.74, 6) is 0.644. The van der Waals surface area contributed by atoms with Gasteiger partial charge >= 0.3 is 5.97 Å². The number of hydrogen-bond acceptors (Lipinski definition) is 6. The summed E-state index contributed by atoms with van der Waals surface area (Å²) < 4.78 is 12.6. The van der Waals surface area contributed by atoms with Crippen LogP contribution >= 0.6 is 0 Å². The number of anilines is 3. The molecule has 7 heteroatoms.